The van der Waals surface area contributed by atoms with Crippen LogP contribution in [0, 0.1) is 0 Å². The Morgan fingerprint density at radius 3 is 2.11 bits per heavy atom. The monoisotopic (exact) mass is 280 g/mol. The molecule has 0 radical (unpaired) electrons. The van der Waals surface area contributed by atoms with Crippen LogP contribution in [-0.2, 0) is 0 Å². The van der Waals surface area contributed by atoms with Gasteiger partial charge in [0.05, 0.1) is 6.42 Å². The molecule has 1 rings (SSSR count). The molecule has 2 atom stereocenters. The van der Waals surface area contributed by atoms with E-state index in [-0.39, 0.29) is 5.56 Å². The van der Waals surface area contributed by atoms with Gasteiger partial charge in [0.25, 0.3) is 0 Å². The first kappa shape index (κ1) is 15.3. The average molecular weight is 280 g/mol. The van der Waals surface area contributed by atoms with Crippen LogP contribution in [0.15, 0.2) is 29.2 Å². The molecule has 0 aliphatic carbocycles. The molecule has 18 heavy (non-hydrogen) atoms. The number of thioether (sulfide) groups is 1. The molecule has 0 fully saturated rings. The predicted octanol–water partition coefficient (Wildman–Crippen LogP) is 3.15. The molecule has 0 amide bonds. The maximum Gasteiger partial charge on any atom is 0.391 e. The topological polar surface area (TPSA) is 40.5 Å². The zero-order valence-corrected chi connectivity index (χ0v) is 10.8. The summed E-state index contributed by atoms with van der Waals surface area (Å²) in [5.74, 6) is 0. The summed E-state index contributed by atoms with van der Waals surface area (Å²) in [5, 5.41) is 19.5. The highest BCUT2D eigenvalue weighted by Crippen LogP contribution is 2.36. The fourth-order valence-electron chi connectivity index (χ4n) is 1.65. The largest absolute Gasteiger partial charge is 0.391 e. The minimum atomic E-state index is -4.52. The lowest BCUT2D eigenvalue weighted by molar-refractivity contribution is -0.194. The van der Waals surface area contributed by atoms with E-state index in [0.717, 1.165) is 11.8 Å². The van der Waals surface area contributed by atoms with Crippen LogP contribution >= 0.6 is 11.8 Å². The summed E-state index contributed by atoms with van der Waals surface area (Å²) in [6.07, 6.45) is -5.68. The molecule has 0 saturated carbocycles. The van der Waals surface area contributed by atoms with Gasteiger partial charge in [-0.15, -0.1) is 11.8 Å². The van der Waals surface area contributed by atoms with Crippen molar-refractivity contribution in [3.63, 3.8) is 0 Å². The normalized spacial score (nSPS) is 17.3. The Balaban J connectivity index is 2.87. The first-order valence-electron chi connectivity index (χ1n) is 5.27. The summed E-state index contributed by atoms with van der Waals surface area (Å²) in [4.78, 5) is 0.932. The van der Waals surface area contributed by atoms with E-state index in [1.165, 1.54) is 23.9 Å². The molecule has 2 nitrogen and oxygen atoms in total. The Kier molecular flexibility index (Phi) is 4.69. The molecule has 0 aliphatic rings. The molecule has 0 spiro atoms. The molecule has 0 aliphatic heterocycles. The number of alkyl halides is 3. The maximum absolute atomic E-state index is 12.3. The Labute approximate surface area is 108 Å². The number of aliphatic hydroxyl groups excluding tert-OH is 1. The van der Waals surface area contributed by atoms with E-state index in [9.17, 15) is 23.4 Å². The number of rotatable bonds is 4. The van der Waals surface area contributed by atoms with Crippen LogP contribution in [0.25, 0.3) is 0 Å². The summed E-state index contributed by atoms with van der Waals surface area (Å²) in [5.41, 5.74) is -1.97. The zero-order valence-electron chi connectivity index (χ0n) is 10.0. The molecule has 1 aromatic carbocycles. The van der Waals surface area contributed by atoms with Gasteiger partial charge in [-0.1, -0.05) is 12.1 Å². The smallest absolute Gasteiger partial charge is 0.387 e. The number of aliphatic hydroxyl groups is 2. The van der Waals surface area contributed by atoms with Crippen molar-refractivity contribution in [2.45, 2.75) is 36.1 Å². The third-order valence-corrected chi connectivity index (χ3v) is 3.32. The van der Waals surface area contributed by atoms with Crippen molar-refractivity contribution in [2.24, 2.45) is 0 Å². The van der Waals surface area contributed by atoms with Gasteiger partial charge in [0, 0.05) is 4.90 Å². The molecular formula is C12H15F3O2S. The second-order valence-electron chi connectivity index (χ2n) is 4.32. The molecule has 102 valence electrons. The van der Waals surface area contributed by atoms with E-state index in [1.54, 1.807) is 12.1 Å². The molecule has 6 heteroatoms. The van der Waals surface area contributed by atoms with Crippen molar-refractivity contribution >= 4 is 11.8 Å². The molecule has 0 saturated heterocycles. The summed E-state index contributed by atoms with van der Waals surface area (Å²) in [7, 11) is 0. The molecule has 0 aromatic heterocycles. The van der Waals surface area contributed by atoms with Gasteiger partial charge in [0.15, 0.2) is 0 Å². The standard InChI is InChI=1S/C12H15F3O2S/c1-11(17,7-12(13,14)15)10(16)8-3-5-9(18-2)6-4-8/h3-6,10,16-17H,7H2,1-2H3/t10?,11-/m1/s1. The minimum Gasteiger partial charge on any atom is -0.387 e. The van der Waals surface area contributed by atoms with Crippen LogP contribution in [0.2, 0.25) is 0 Å². The minimum absolute atomic E-state index is 0.266. The lowest BCUT2D eigenvalue weighted by Crippen LogP contribution is -2.37. The number of hydrogen-bond acceptors (Lipinski definition) is 3. The first-order valence-corrected chi connectivity index (χ1v) is 6.49. The highest BCUT2D eigenvalue weighted by molar-refractivity contribution is 7.98. The van der Waals surface area contributed by atoms with E-state index in [2.05, 4.69) is 0 Å². The van der Waals surface area contributed by atoms with Crippen molar-refractivity contribution in [3.8, 4) is 0 Å². The highest BCUT2D eigenvalue weighted by Gasteiger charge is 2.43. The van der Waals surface area contributed by atoms with Crippen molar-refractivity contribution in [2.75, 3.05) is 6.26 Å². The van der Waals surface area contributed by atoms with Crippen molar-refractivity contribution in [1.29, 1.82) is 0 Å². The van der Waals surface area contributed by atoms with E-state index in [1.807, 2.05) is 6.26 Å². The summed E-state index contributed by atoms with van der Waals surface area (Å²) >= 11 is 1.48. The van der Waals surface area contributed by atoms with Crippen LogP contribution in [0.1, 0.15) is 25.0 Å². The van der Waals surface area contributed by atoms with E-state index < -0.39 is 24.3 Å². The second kappa shape index (κ2) is 5.50. The van der Waals surface area contributed by atoms with Crippen molar-refractivity contribution < 1.29 is 23.4 Å². The van der Waals surface area contributed by atoms with Crippen LogP contribution < -0.4 is 0 Å². The van der Waals surface area contributed by atoms with Gasteiger partial charge in [-0.3, -0.25) is 0 Å². The second-order valence-corrected chi connectivity index (χ2v) is 5.20. The lowest BCUT2D eigenvalue weighted by atomic mass is 9.90. The molecular weight excluding hydrogens is 265 g/mol. The Morgan fingerprint density at radius 2 is 1.72 bits per heavy atom. The number of halogens is 3. The molecule has 1 aromatic rings. The average Bonchev–Trinajstić information content (AvgIpc) is 2.25. The third kappa shape index (κ3) is 4.19. The molecule has 0 heterocycles. The summed E-state index contributed by atoms with van der Waals surface area (Å²) < 4.78 is 36.8. The number of hydrogen-bond donors (Lipinski definition) is 2. The van der Waals surface area contributed by atoms with Gasteiger partial charge in [0.1, 0.15) is 11.7 Å². The van der Waals surface area contributed by atoms with Crippen LogP contribution in [0.3, 0.4) is 0 Å². The SMILES string of the molecule is CSc1ccc(C(O)[C@](C)(O)CC(F)(F)F)cc1. The van der Waals surface area contributed by atoms with E-state index in [0.29, 0.717) is 0 Å². The lowest BCUT2D eigenvalue weighted by Gasteiger charge is -2.30. The van der Waals surface area contributed by atoms with Gasteiger partial charge >= 0.3 is 6.18 Å². The third-order valence-electron chi connectivity index (χ3n) is 2.58. The Morgan fingerprint density at radius 1 is 1.22 bits per heavy atom. The van der Waals surface area contributed by atoms with Crippen molar-refractivity contribution in [1.82, 2.24) is 0 Å². The van der Waals surface area contributed by atoms with E-state index in [4.69, 9.17) is 0 Å². The van der Waals surface area contributed by atoms with Crippen LogP contribution in [-0.4, -0.2) is 28.2 Å². The predicted molar refractivity (Wildman–Crippen MR) is 64.5 cm³/mol. The van der Waals surface area contributed by atoms with Gasteiger partial charge in [-0.25, -0.2) is 0 Å². The zero-order chi connectivity index (χ0) is 14.0. The van der Waals surface area contributed by atoms with Gasteiger partial charge < -0.3 is 10.2 Å². The highest BCUT2D eigenvalue weighted by atomic mass is 32.2. The molecule has 2 N–H and O–H groups in total. The summed E-state index contributed by atoms with van der Waals surface area (Å²) in [6, 6.07) is 6.41. The Hall–Kier alpha value is -0.720. The van der Waals surface area contributed by atoms with Crippen molar-refractivity contribution in [3.05, 3.63) is 29.8 Å². The van der Waals surface area contributed by atoms with Gasteiger partial charge in [0.2, 0.25) is 0 Å². The summed E-state index contributed by atoms with van der Waals surface area (Å²) in [6.45, 7) is 0.980. The molecule has 0 bridgehead atoms. The van der Waals surface area contributed by atoms with Crippen LogP contribution in [0.5, 0.6) is 0 Å². The fraction of sp³-hybridized carbons (Fsp3) is 0.500. The quantitative estimate of drug-likeness (QED) is 0.832. The maximum atomic E-state index is 12.3. The van der Waals surface area contributed by atoms with E-state index >= 15 is 0 Å². The fourth-order valence-corrected chi connectivity index (χ4v) is 2.06. The first-order chi connectivity index (χ1) is 8.15. The Bertz CT molecular complexity index is 387. The van der Waals surface area contributed by atoms with Crippen LogP contribution in [0.4, 0.5) is 13.2 Å². The van der Waals surface area contributed by atoms with Gasteiger partial charge in [-0.05, 0) is 30.9 Å². The molecule has 1 unspecified atom stereocenters. The van der Waals surface area contributed by atoms with Gasteiger partial charge in [-0.2, -0.15) is 13.2 Å². The number of benzene rings is 1.